The van der Waals surface area contributed by atoms with Gasteiger partial charge >= 0.3 is 0 Å². The molecule has 1 heterocycles. The maximum atomic E-state index is 12.2. The number of thiophene rings is 1. The van der Waals surface area contributed by atoms with E-state index < -0.39 is 0 Å². The van der Waals surface area contributed by atoms with Crippen LogP contribution < -0.4 is 15.0 Å². The normalized spacial score (nSPS) is 12.0. The lowest BCUT2D eigenvalue weighted by molar-refractivity contribution is -0.884. The number of aryl methyl sites for hydroxylation is 1. The fraction of sp³-hybridized carbons (Fsp3) is 0.312. The van der Waals surface area contributed by atoms with Gasteiger partial charge < -0.3 is 15.0 Å². The van der Waals surface area contributed by atoms with E-state index in [9.17, 15) is 4.79 Å². The number of halogens is 1. The zero-order valence-corrected chi connectivity index (χ0v) is 14.5. The first-order valence-corrected chi connectivity index (χ1v) is 8.17. The van der Waals surface area contributed by atoms with E-state index in [1.807, 2.05) is 44.3 Å². The number of nitrogens with one attached hydrogen (secondary N) is 2. The first-order valence-electron chi connectivity index (χ1n) is 6.98. The Hall–Kier alpha value is -1.56. The number of quaternary nitrogens is 1. The molecule has 2 aromatic rings. The molecule has 0 aliphatic carbocycles. The first-order chi connectivity index (χ1) is 10.5. The summed E-state index contributed by atoms with van der Waals surface area (Å²) >= 11 is 7.47. The molecular weight excluding hydrogens is 320 g/mol. The van der Waals surface area contributed by atoms with Gasteiger partial charge in [0.2, 0.25) is 0 Å². The van der Waals surface area contributed by atoms with Crippen LogP contribution in [0.3, 0.4) is 0 Å². The van der Waals surface area contributed by atoms with Crippen molar-refractivity contribution in [2.75, 3.05) is 26.0 Å². The van der Waals surface area contributed by atoms with Crippen LogP contribution in [0.5, 0.6) is 5.75 Å². The van der Waals surface area contributed by atoms with E-state index >= 15 is 0 Å². The number of hydrogen-bond acceptors (Lipinski definition) is 3. The highest BCUT2D eigenvalue weighted by molar-refractivity contribution is 7.16. The van der Waals surface area contributed by atoms with E-state index in [2.05, 4.69) is 5.32 Å². The van der Waals surface area contributed by atoms with E-state index in [4.69, 9.17) is 16.3 Å². The monoisotopic (exact) mass is 339 g/mol. The van der Waals surface area contributed by atoms with Crippen molar-refractivity contribution < 1.29 is 14.4 Å². The van der Waals surface area contributed by atoms with Crippen molar-refractivity contribution in [3.05, 3.63) is 45.1 Å². The van der Waals surface area contributed by atoms with Crippen molar-refractivity contribution in [3.63, 3.8) is 0 Å². The van der Waals surface area contributed by atoms with Crippen LogP contribution in [0, 0.1) is 6.92 Å². The van der Waals surface area contributed by atoms with E-state index in [-0.39, 0.29) is 5.91 Å². The summed E-state index contributed by atoms with van der Waals surface area (Å²) in [7, 11) is 3.58. The number of hydrogen-bond donors (Lipinski definition) is 2. The molecule has 1 atom stereocenters. The van der Waals surface area contributed by atoms with Gasteiger partial charge in [0.15, 0.2) is 6.54 Å². The first kappa shape index (κ1) is 16.8. The van der Waals surface area contributed by atoms with Gasteiger partial charge in [0, 0.05) is 0 Å². The second-order valence-electron chi connectivity index (χ2n) is 5.27. The molecule has 0 aliphatic rings. The maximum Gasteiger partial charge on any atom is 0.279 e. The summed E-state index contributed by atoms with van der Waals surface area (Å²) in [5, 5.41) is 2.92. The molecule has 0 saturated heterocycles. The van der Waals surface area contributed by atoms with Gasteiger partial charge in [-0.25, -0.2) is 0 Å². The standard InChI is InChI=1S/C16H19ClN2O2S/c1-11-4-6-14(21-3)13(8-11)18-16(20)10-19(2)9-12-5-7-15(17)22-12/h4-8H,9-10H2,1-3H3,(H,18,20)/p+1. The second kappa shape index (κ2) is 7.63. The molecule has 118 valence electrons. The van der Waals surface area contributed by atoms with Crippen LogP contribution in [0.15, 0.2) is 30.3 Å². The molecule has 4 nitrogen and oxygen atoms in total. The van der Waals surface area contributed by atoms with E-state index in [1.54, 1.807) is 18.4 Å². The average Bonchev–Trinajstić information content (AvgIpc) is 2.83. The number of carbonyl (C=O) groups excluding carboxylic acids is 1. The minimum absolute atomic E-state index is 0.0379. The summed E-state index contributed by atoms with van der Waals surface area (Å²) in [6, 6.07) is 9.59. The summed E-state index contributed by atoms with van der Waals surface area (Å²) in [5.74, 6) is 0.630. The second-order valence-corrected chi connectivity index (χ2v) is 7.07. The molecule has 0 saturated carbocycles. The molecule has 2 rings (SSSR count). The Morgan fingerprint density at radius 1 is 1.36 bits per heavy atom. The van der Waals surface area contributed by atoms with Crippen molar-refractivity contribution >= 4 is 34.5 Å². The minimum atomic E-state index is -0.0379. The Labute approximate surface area is 139 Å². The molecule has 22 heavy (non-hydrogen) atoms. The molecule has 1 amide bonds. The molecule has 0 fully saturated rings. The molecule has 0 aliphatic heterocycles. The van der Waals surface area contributed by atoms with Crippen LogP contribution in [-0.4, -0.2) is 26.6 Å². The summed E-state index contributed by atoms with van der Waals surface area (Å²) in [4.78, 5) is 14.5. The molecule has 1 aromatic carbocycles. The quantitative estimate of drug-likeness (QED) is 0.848. The van der Waals surface area contributed by atoms with Crippen LogP contribution in [0.25, 0.3) is 0 Å². The lowest BCUT2D eigenvalue weighted by Gasteiger charge is -2.14. The molecule has 0 bridgehead atoms. The third kappa shape index (κ3) is 4.73. The van der Waals surface area contributed by atoms with Crippen molar-refractivity contribution in [3.8, 4) is 5.75 Å². The summed E-state index contributed by atoms with van der Waals surface area (Å²) in [5.41, 5.74) is 1.78. The van der Waals surface area contributed by atoms with Gasteiger partial charge in [-0.15, -0.1) is 11.3 Å². The highest BCUT2D eigenvalue weighted by Crippen LogP contribution is 2.25. The van der Waals surface area contributed by atoms with Gasteiger partial charge in [-0.2, -0.15) is 0 Å². The van der Waals surface area contributed by atoms with Crippen molar-refractivity contribution in [1.29, 1.82) is 0 Å². The number of amides is 1. The van der Waals surface area contributed by atoms with Gasteiger partial charge in [-0.05, 0) is 36.8 Å². The molecule has 1 unspecified atom stereocenters. The zero-order chi connectivity index (χ0) is 16.1. The number of rotatable bonds is 6. The summed E-state index contributed by atoms with van der Waals surface area (Å²) in [6.07, 6.45) is 0. The van der Waals surface area contributed by atoms with Crippen LogP contribution in [0.4, 0.5) is 5.69 Å². The number of ether oxygens (including phenoxy) is 1. The molecule has 2 N–H and O–H groups in total. The van der Waals surface area contributed by atoms with E-state index in [1.165, 1.54) is 4.88 Å². The van der Waals surface area contributed by atoms with Crippen molar-refractivity contribution in [1.82, 2.24) is 0 Å². The largest absolute Gasteiger partial charge is 0.495 e. The van der Waals surface area contributed by atoms with Gasteiger partial charge in [-0.3, -0.25) is 4.79 Å². The fourth-order valence-corrected chi connectivity index (χ4v) is 3.40. The maximum absolute atomic E-state index is 12.2. The van der Waals surface area contributed by atoms with Crippen LogP contribution >= 0.6 is 22.9 Å². The molecule has 6 heteroatoms. The molecule has 1 aromatic heterocycles. The predicted octanol–water partition coefficient (Wildman–Crippen LogP) is 2.37. The van der Waals surface area contributed by atoms with Crippen LogP contribution in [0.1, 0.15) is 10.4 Å². The summed E-state index contributed by atoms with van der Waals surface area (Å²) in [6.45, 7) is 3.13. The van der Waals surface area contributed by atoms with Crippen molar-refractivity contribution in [2.24, 2.45) is 0 Å². The zero-order valence-electron chi connectivity index (χ0n) is 12.9. The van der Waals surface area contributed by atoms with Crippen LogP contribution in [-0.2, 0) is 11.3 Å². The Morgan fingerprint density at radius 3 is 2.77 bits per heavy atom. The Morgan fingerprint density at radius 2 is 2.14 bits per heavy atom. The van der Waals surface area contributed by atoms with Gasteiger partial charge in [0.25, 0.3) is 5.91 Å². The number of anilines is 1. The molecule has 0 spiro atoms. The van der Waals surface area contributed by atoms with Gasteiger partial charge in [0.1, 0.15) is 12.3 Å². The molecule has 0 radical (unpaired) electrons. The van der Waals surface area contributed by atoms with Crippen molar-refractivity contribution in [2.45, 2.75) is 13.5 Å². The number of carbonyl (C=O) groups is 1. The third-order valence-corrected chi connectivity index (χ3v) is 4.43. The SMILES string of the molecule is COc1ccc(C)cc1NC(=O)C[NH+](C)Cc1ccc(Cl)s1. The lowest BCUT2D eigenvalue weighted by Crippen LogP contribution is -3.08. The third-order valence-electron chi connectivity index (χ3n) is 3.20. The Bertz CT molecular complexity index is 657. The molecular formula is C16H20ClN2O2S+. The van der Waals surface area contributed by atoms with Gasteiger partial charge in [-0.1, -0.05) is 17.7 Å². The average molecular weight is 340 g/mol. The fourth-order valence-electron chi connectivity index (χ4n) is 2.19. The Kier molecular flexibility index (Phi) is 5.83. The lowest BCUT2D eigenvalue weighted by atomic mass is 10.2. The predicted molar refractivity (Wildman–Crippen MR) is 91.1 cm³/mol. The number of likely N-dealkylation sites (N-methyl/N-ethyl adjacent to an activating group) is 1. The van der Waals surface area contributed by atoms with Crippen LogP contribution in [0.2, 0.25) is 4.34 Å². The Balaban J connectivity index is 1.93. The number of methoxy groups -OCH3 is 1. The topological polar surface area (TPSA) is 42.8 Å². The highest BCUT2D eigenvalue weighted by atomic mass is 35.5. The van der Waals surface area contributed by atoms with Gasteiger partial charge in [0.05, 0.1) is 29.1 Å². The smallest absolute Gasteiger partial charge is 0.279 e. The minimum Gasteiger partial charge on any atom is -0.495 e. The number of benzene rings is 1. The van der Waals surface area contributed by atoms with E-state index in [0.29, 0.717) is 18.0 Å². The van der Waals surface area contributed by atoms with E-state index in [0.717, 1.165) is 21.3 Å². The summed E-state index contributed by atoms with van der Waals surface area (Å²) < 4.78 is 6.04. The highest BCUT2D eigenvalue weighted by Gasteiger charge is 2.14.